The second-order valence-electron chi connectivity index (χ2n) is 13.7. The molecule has 264 valence electrons. The van der Waals surface area contributed by atoms with E-state index in [1.807, 2.05) is 15.2 Å². The number of hydrogen-bond acceptors (Lipinski definition) is 9. The van der Waals surface area contributed by atoms with Gasteiger partial charge in [-0.05, 0) is 69.9 Å². The van der Waals surface area contributed by atoms with Gasteiger partial charge in [0, 0.05) is 43.7 Å². The number of benzene rings is 1. The molecular formula is C32H40F2N8O6S. The quantitative estimate of drug-likeness (QED) is 0.248. The van der Waals surface area contributed by atoms with Gasteiger partial charge in [0.1, 0.15) is 28.3 Å². The Kier molecular flexibility index (Phi) is 8.71. The highest BCUT2D eigenvalue weighted by Crippen LogP contribution is 2.38. The lowest BCUT2D eigenvalue weighted by molar-refractivity contribution is 0.0288. The number of hydrogen-bond donors (Lipinski definition) is 2. The molecular weight excluding hydrogens is 662 g/mol. The summed E-state index contributed by atoms with van der Waals surface area (Å²) in [5.74, 6) is 0.429. The average Bonchev–Trinajstić information content (AvgIpc) is 3.52. The van der Waals surface area contributed by atoms with E-state index in [-0.39, 0.29) is 28.8 Å². The van der Waals surface area contributed by atoms with Crippen LogP contribution < -0.4 is 20.1 Å². The van der Waals surface area contributed by atoms with Crippen LogP contribution >= 0.6 is 0 Å². The van der Waals surface area contributed by atoms with Crippen LogP contribution in [0.4, 0.5) is 19.4 Å². The van der Waals surface area contributed by atoms with Crippen molar-refractivity contribution in [2.75, 3.05) is 30.8 Å². The molecule has 49 heavy (non-hydrogen) atoms. The van der Waals surface area contributed by atoms with Crippen molar-refractivity contribution in [3.63, 3.8) is 0 Å². The Morgan fingerprint density at radius 3 is 2.47 bits per heavy atom. The van der Waals surface area contributed by atoms with Crippen LogP contribution in [0.25, 0.3) is 33.6 Å². The van der Waals surface area contributed by atoms with Gasteiger partial charge in [-0.3, -0.25) is 4.79 Å². The van der Waals surface area contributed by atoms with Crippen LogP contribution in [0.1, 0.15) is 44.0 Å². The summed E-state index contributed by atoms with van der Waals surface area (Å²) in [6, 6.07) is 6.88. The fourth-order valence-electron chi connectivity index (χ4n) is 6.12. The zero-order valence-corrected chi connectivity index (χ0v) is 28.9. The number of fused-ring (bicyclic) bond motifs is 2. The molecule has 3 aromatic heterocycles. The third-order valence-electron chi connectivity index (χ3n) is 8.61. The van der Waals surface area contributed by atoms with Gasteiger partial charge in [-0.15, -0.1) is 0 Å². The molecule has 3 N–H and O–H groups in total. The first-order chi connectivity index (χ1) is 22.9. The van der Waals surface area contributed by atoms with E-state index in [4.69, 9.17) is 20.2 Å². The maximum Gasteiger partial charge on any atom is 0.410 e. The number of likely N-dealkylation sites (tertiary alicyclic amines) is 1. The zero-order valence-electron chi connectivity index (χ0n) is 28.1. The van der Waals surface area contributed by atoms with E-state index in [1.54, 1.807) is 46.0 Å². The average molecular weight is 703 g/mol. The second kappa shape index (κ2) is 12.4. The summed E-state index contributed by atoms with van der Waals surface area (Å²) in [5.41, 5.74) is 7.96. The molecule has 2 atom stereocenters. The Morgan fingerprint density at radius 2 is 1.86 bits per heavy atom. The highest BCUT2D eigenvalue weighted by atomic mass is 32.2. The standard InChI is InChI=1S/C32H40F2N8O6S/c1-32(2,3)48-31(44)40-15-20(35)22(16-40)37-29(43)19-11-21-26(24(13-19)47-5)39(4)28(36-21)23-12-18-9-10-25(42(30(33)34)49(6,45)46)38-27(18)41(23)14-17-7-8-17/h9-13,17,20,22,30H,7-8,14-16,35H2,1-6H3,(H,37,43)/t20-,22-/m1/s1. The molecule has 4 aromatic rings. The summed E-state index contributed by atoms with van der Waals surface area (Å²) < 4.78 is 67.0. The van der Waals surface area contributed by atoms with E-state index < -0.39 is 46.3 Å². The molecule has 0 radical (unpaired) electrons. The topological polar surface area (TPSA) is 167 Å². The van der Waals surface area contributed by atoms with Gasteiger partial charge in [-0.2, -0.15) is 13.1 Å². The maximum atomic E-state index is 13.9. The van der Waals surface area contributed by atoms with E-state index in [0.29, 0.717) is 58.1 Å². The van der Waals surface area contributed by atoms with Crippen molar-refractivity contribution in [1.29, 1.82) is 0 Å². The Balaban J connectivity index is 1.35. The van der Waals surface area contributed by atoms with Crippen molar-refractivity contribution >= 4 is 49.9 Å². The molecule has 1 saturated heterocycles. The molecule has 1 aliphatic carbocycles. The number of alkyl halides is 2. The zero-order chi connectivity index (χ0) is 35.6. The number of imidazole rings is 1. The molecule has 0 bridgehead atoms. The first-order valence-corrected chi connectivity index (χ1v) is 17.7. The summed E-state index contributed by atoms with van der Waals surface area (Å²) in [6.07, 6.45) is 2.18. The molecule has 4 heterocycles. The fourth-order valence-corrected chi connectivity index (χ4v) is 6.85. The number of halogens is 2. The third kappa shape index (κ3) is 6.86. The minimum Gasteiger partial charge on any atom is -0.494 e. The molecule has 0 spiro atoms. The van der Waals surface area contributed by atoms with Crippen LogP contribution in [0.5, 0.6) is 5.75 Å². The lowest BCUT2D eigenvalue weighted by Crippen LogP contribution is -2.46. The Labute approximate surface area is 282 Å². The number of aromatic nitrogens is 4. The lowest BCUT2D eigenvalue weighted by Gasteiger charge is -2.24. The van der Waals surface area contributed by atoms with Crippen molar-refractivity contribution in [1.82, 2.24) is 29.3 Å². The lowest BCUT2D eigenvalue weighted by atomic mass is 10.1. The van der Waals surface area contributed by atoms with E-state index >= 15 is 0 Å². The number of aryl methyl sites for hydroxylation is 1. The molecule has 14 nitrogen and oxygen atoms in total. The summed E-state index contributed by atoms with van der Waals surface area (Å²) >= 11 is 0. The number of nitrogens with two attached hydrogens (primary N) is 1. The number of methoxy groups -OCH3 is 1. The highest BCUT2D eigenvalue weighted by Gasteiger charge is 2.37. The number of pyridine rings is 1. The maximum absolute atomic E-state index is 13.9. The van der Waals surface area contributed by atoms with Crippen LogP contribution in [-0.2, 0) is 28.4 Å². The van der Waals surface area contributed by atoms with Crippen LogP contribution in [0.15, 0.2) is 30.3 Å². The Hall–Kier alpha value is -4.51. The summed E-state index contributed by atoms with van der Waals surface area (Å²) in [6.45, 7) is 2.96. The minimum atomic E-state index is -4.30. The largest absolute Gasteiger partial charge is 0.494 e. The molecule has 2 aliphatic rings. The molecule has 1 aromatic carbocycles. The van der Waals surface area contributed by atoms with Gasteiger partial charge < -0.3 is 34.6 Å². The third-order valence-corrected chi connectivity index (χ3v) is 9.67. The molecule has 1 saturated carbocycles. The first-order valence-electron chi connectivity index (χ1n) is 15.8. The van der Waals surface area contributed by atoms with Gasteiger partial charge in [-0.25, -0.2) is 23.2 Å². The van der Waals surface area contributed by atoms with Gasteiger partial charge in [0.15, 0.2) is 5.82 Å². The number of carbonyl (C=O) groups excluding carboxylic acids is 2. The number of rotatable bonds is 9. The van der Waals surface area contributed by atoms with Gasteiger partial charge in [0.25, 0.3) is 5.91 Å². The SMILES string of the molecule is COc1cc(C(=O)N[C@@H]2CN(C(=O)OC(C)(C)C)C[C@H]2N)cc2nc(-c3cc4ccc(N(C(F)F)S(C)(=O)=O)nc4n3CC3CC3)n(C)c12. The fraction of sp³-hybridized carbons (Fsp3) is 0.500. The van der Waals surface area contributed by atoms with Gasteiger partial charge in [0.2, 0.25) is 10.0 Å². The van der Waals surface area contributed by atoms with Crippen molar-refractivity contribution in [3.8, 4) is 17.3 Å². The number of ether oxygens (including phenoxy) is 2. The van der Waals surface area contributed by atoms with E-state index in [9.17, 15) is 26.8 Å². The monoisotopic (exact) mass is 702 g/mol. The first kappa shape index (κ1) is 34.4. The molecule has 2 fully saturated rings. The van der Waals surface area contributed by atoms with Crippen molar-refractivity contribution < 1.29 is 36.3 Å². The van der Waals surface area contributed by atoms with Crippen LogP contribution in [-0.4, -0.2) is 95.1 Å². The van der Waals surface area contributed by atoms with Gasteiger partial charge in [-0.1, -0.05) is 0 Å². The Bertz CT molecular complexity index is 2050. The smallest absolute Gasteiger partial charge is 0.410 e. The van der Waals surface area contributed by atoms with Crippen LogP contribution in [0.2, 0.25) is 0 Å². The predicted molar refractivity (Wildman–Crippen MR) is 179 cm³/mol. The summed E-state index contributed by atoms with van der Waals surface area (Å²) in [5, 5.41) is 3.55. The summed E-state index contributed by atoms with van der Waals surface area (Å²) in [7, 11) is -1.01. The predicted octanol–water partition coefficient (Wildman–Crippen LogP) is 3.67. The van der Waals surface area contributed by atoms with Gasteiger partial charge in [0.05, 0.1) is 30.6 Å². The van der Waals surface area contributed by atoms with Crippen LogP contribution in [0.3, 0.4) is 0 Å². The number of nitrogens with zero attached hydrogens (tertiary/aromatic N) is 6. The molecule has 6 rings (SSSR count). The van der Waals surface area contributed by atoms with Crippen molar-refractivity contribution in [2.45, 2.75) is 64.4 Å². The second-order valence-corrected chi connectivity index (χ2v) is 15.5. The minimum absolute atomic E-state index is 0.000590. The number of carbonyl (C=O) groups is 2. The molecule has 17 heteroatoms. The number of amides is 2. The summed E-state index contributed by atoms with van der Waals surface area (Å²) in [4.78, 5) is 36.9. The van der Waals surface area contributed by atoms with Crippen LogP contribution in [0, 0.1) is 5.92 Å². The molecule has 2 amide bonds. The van der Waals surface area contributed by atoms with Crippen molar-refractivity contribution in [3.05, 3.63) is 35.9 Å². The normalized spacial score (nSPS) is 18.4. The molecule has 0 unspecified atom stereocenters. The van der Waals surface area contributed by atoms with E-state index in [2.05, 4.69) is 10.3 Å². The van der Waals surface area contributed by atoms with E-state index in [0.717, 1.165) is 12.8 Å². The molecule has 1 aliphatic heterocycles. The number of sulfonamides is 1. The van der Waals surface area contributed by atoms with Gasteiger partial charge >= 0.3 is 12.6 Å². The number of nitrogens with one attached hydrogen (secondary N) is 1. The Morgan fingerprint density at radius 1 is 1.14 bits per heavy atom. The highest BCUT2D eigenvalue weighted by molar-refractivity contribution is 7.92. The number of anilines is 1. The van der Waals surface area contributed by atoms with E-state index in [1.165, 1.54) is 18.1 Å². The van der Waals surface area contributed by atoms with Crippen molar-refractivity contribution in [2.24, 2.45) is 18.7 Å².